The Balaban J connectivity index is 0.00000182. The molecule has 1 aromatic carbocycles. The second-order valence-corrected chi connectivity index (χ2v) is 7.56. The molecule has 1 aliphatic carbocycles. The van der Waals surface area contributed by atoms with Crippen molar-refractivity contribution in [2.75, 3.05) is 18.5 Å². The van der Waals surface area contributed by atoms with E-state index in [2.05, 4.69) is 16.7 Å². The van der Waals surface area contributed by atoms with E-state index < -0.39 is 0 Å². The average Bonchev–Trinajstić information content (AvgIpc) is 2.76. The number of amides is 1. The summed E-state index contributed by atoms with van der Waals surface area (Å²) in [6, 6.07) is 7.96. The number of nitrogens with one attached hydrogen (secondary N) is 2. The van der Waals surface area contributed by atoms with Crippen LogP contribution in [0.3, 0.4) is 0 Å². The van der Waals surface area contributed by atoms with Crippen molar-refractivity contribution in [2.24, 2.45) is 0 Å². The van der Waals surface area contributed by atoms with Gasteiger partial charge in [0.15, 0.2) is 0 Å². The van der Waals surface area contributed by atoms with Crippen LogP contribution in [0.2, 0.25) is 0 Å². The van der Waals surface area contributed by atoms with E-state index in [1.165, 1.54) is 29.7 Å². The summed E-state index contributed by atoms with van der Waals surface area (Å²) in [5.41, 5.74) is 3.30. The van der Waals surface area contributed by atoms with Gasteiger partial charge in [-0.15, -0.1) is 23.7 Å². The van der Waals surface area contributed by atoms with Gasteiger partial charge in [-0.1, -0.05) is 6.42 Å². The predicted molar refractivity (Wildman–Crippen MR) is 104 cm³/mol. The van der Waals surface area contributed by atoms with Gasteiger partial charge in [0.05, 0.1) is 4.88 Å². The van der Waals surface area contributed by atoms with Gasteiger partial charge >= 0.3 is 0 Å². The van der Waals surface area contributed by atoms with Gasteiger partial charge in [-0.25, -0.2) is 0 Å². The normalized spacial score (nSPS) is 16.3. The molecule has 0 unspecified atom stereocenters. The number of rotatable bonds is 2. The lowest BCUT2D eigenvalue weighted by atomic mass is 10.1. The molecule has 4 rings (SSSR count). The van der Waals surface area contributed by atoms with Gasteiger partial charge in [0.25, 0.3) is 5.91 Å². The highest BCUT2D eigenvalue weighted by molar-refractivity contribution is 7.14. The van der Waals surface area contributed by atoms with Crippen molar-refractivity contribution in [3.8, 4) is 5.75 Å². The van der Waals surface area contributed by atoms with Crippen LogP contribution in [0.1, 0.15) is 44.9 Å². The molecule has 1 aliphatic heterocycles. The monoisotopic (exact) mass is 378 g/mol. The van der Waals surface area contributed by atoms with E-state index in [0.717, 1.165) is 47.8 Å². The van der Waals surface area contributed by atoms with Crippen molar-refractivity contribution in [2.45, 2.75) is 38.6 Å². The predicted octanol–water partition coefficient (Wildman–Crippen LogP) is 4.17. The standard InChI is InChI=1S/C19H22N2O2S.ClH/c22-19(18-11-13-4-2-1-3-5-17(13)24-18)21-15-6-7-16-14(10-15)12-20-8-9-23-16;/h6-7,10-11,20H,1-5,8-9,12H2,(H,21,22);1H. The lowest BCUT2D eigenvalue weighted by molar-refractivity contribution is 0.103. The molecule has 2 heterocycles. The van der Waals surface area contributed by atoms with Crippen LogP contribution in [0.25, 0.3) is 0 Å². The Bertz CT molecular complexity index is 736. The third kappa shape index (κ3) is 4.17. The fourth-order valence-electron chi connectivity index (χ4n) is 3.36. The molecular weight excluding hydrogens is 356 g/mol. The summed E-state index contributed by atoms with van der Waals surface area (Å²) < 4.78 is 5.69. The van der Waals surface area contributed by atoms with Crippen LogP contribution in [0, 0.1) is 0 Å². The highest BCUT2D eigenvalue weighted by Crippen LogP contribution is 2.30. The van der Waals surface area contributed by atoms with Crippen LogP contribution in [-0.2, 0) is 19.4 Å². The summed E-state index contributed by atoms with van der Waals surface area (Å²) in [6.45, 7) is 2.29. The summed E-state index contributed by atoms with van der Waals surface area (Å²) >= 11 is 1.66. The maximum absolute atomic E-state index is 12.6. The summed E-state index contributed by atoms with van der Waals surface area (Å²) in [4.78, 5) is 14.8. The number of fused-ring (bicyclic) bond motifs is 2. The van der Waals surface area contributed by atoms with Crippen molar-refractivity contribution in [3.05, 3.63) is 45.1 Å². The van der Waals surface area contributed by atoms with Crippen LogP contribution in [0.4, 0.5) is 5.69 Å². The van der Waals surface area contributed by atoms with E-state index in [0.29, 0.717) is 6.61 Å². The molecule has 2 aromatic rings. The van der Waals surface area contributed by atoms with E-state index in [4.69, 9.17) is 4.74 Å². The minimum Gasteiger partial charge on any atom is -0.492 e. The van der Waals surface area contributed by atoms with Crippen molar-refractivity contribution in [1.82, 2.24) is 5.32 Å². The van der Waals surface area contributed by atoms with Crippen LogP contribution < -0.4 is 15.4 Å². The number of aryl methyl sites for hydroxylation is 2. The van der Waals surface area contributed by atoms with Gasteiger partial charge in [0, 0.05) is 29.2 Å². The van der Waals surface area contributed by atoms with Crippen LogP contribution in [0.15, 0.2) is 24.3 Å². The molecule has 0 fully saturated rings. The Kier molecular flexibility index (Phi) is 5.99. The topological polar surface area (TPSA) is 50.4 Å². The summed E-state index contributed by atoms with van der Waals surface area (Å²) in [7, 11) is 0. The van der Waals surface area contributed by atoms with Gasteiger partial charge in [-0.05, 0) is 55.5 Å². The smallest absolute Gasteiger partial charge is 0.265 e. The molecule has 0 saturated carbocycles. The molecule has 0 spiro atoms. The van der Waals surface area contributed by atoms with Gasteiger partial charge in [-0.2, -0.15) is 0 Å². The van der Waals surface area contributed by atoms with E-state index in [1.807, 2.05) is 18.2 Å². The van der Waals surface area contributed by atoms with Crippen LogP contribution >= 0.6 is 23.7 Å². The zero-order chi connectivity index (χ0) is 16.4. The van der Waals surface area contributed by atoms with Crippen molar-refractivity contribution in [3.63, 3.8) is 0 Å². The third-order valence-corrected chi connectivity index (χ3v) is 5.88. The molecule has 2 N–H and O–H groups in total. The molecule has 25 heavy (non-hydrogen) atoms. The Morgan fingerprint density at radius 2 is 2.00 bits per heavy atom. The number of hydrogen-bond acceptors (Lipinski definition) is 4. The number of benzene rings is 1. The first kappa shape index (κ1) is 18.2. The molecule has 0 bridgehead atoms. The molecule has 2 aliphatic rings. The van der Waals surface area contributed by atoms with E-state index in [1.54, 1.807) is 11.3 Å². The van der Waals surface area contributed by atoms with E-state index in [9.17, 15) is 4.79 Å². The summed E-state index contributed by atoms with van der Waals surface area (Å²) in [5, 5.41) is 6.36. The van der Waals surface area contributed by atoms with Gasteiger partial charge < -0.3 is 15.4 Å². The maximum atomic E-state index is 12.6. The fraction of sp³-hybridized carbons (Fsp3) is 0.421. The molecule has 6 heteroatoms. The number of hydrogen-bond donors (Lipinski definition) is 2. The van der Waals surface area contributed by atoms with Crippen molar-refractivity contribution in [1.29, 1.82) is 0 Å². The molecule has 134 valence electrons. The fourth-order valence-corrected chi connectivity index (χ4v) is 4.51. The van der Waals surface area contributed by atoms with Gasteiger partial charge in [0.1, 0.15) is 12.4 Å². The zero-order valence-electron chi connectivity index (χ0n) is 14.1. The first-order chi connectivity index (χ1) is 11.8. The quantitative estimate of drug-likeness (QED) is 0.771. The lowest BCUT2D eigenvalue weighted by Gasteiger charge is -2.09. The number of anilines is 1. The van der Waals surface area contributed by atoms with Gasteiger partial charge in [0.2, 0.25) is 0 Å². The maximum Gasteiger partial charge on any atom is 0.265 e. The first-order valence-corrected chi connectivity index (χ1v) is 9.50. The Morgan fingerprint density at radius 3 is 2.92 bits per heavy atom. The average molecular weight is 379 g/mol. The summed E-state index contributed by atoms with van der Waals surface area (Å²) in [5.74, 6) is 0.899. The molecule has 4 nitrogen and oxygen atoms in total. The Morgan fingerprint density at radius 1 is 1.12 bits per heavy atom. The third-order valence-electron chi connectivity index (χ3n) is 4.64. The lowest BCUT2D eigenvalue weighted by Crippen LogP contribution is -2.16. The largest absolute Gasteiger partial charge is 0.492 e. The molecule has 1 amide bonds. The minimum atomic E-state index is -0.00415. The van der Waals surface area contributed by atoms with Gasteiger partial charge in [-0.3, -0.25) is 4.79 Å². The van der Waals surface area contributed by atoms with E-state index in [-0.39, 0.29) is 18.3 Å². The molecular formula is C19H23ClN2O2S. The Hall–Kier alpha value is -1.56. The number of halogens is 1. The number of carbonyl (C=O) groups excluding carboxylic acids is 1. The minimum absolute atomic E-state index is 0. The zero-order valence-corrected chi connectivity index (χ0v) is 15.7. The summed E-state index contributed by atoms with van der Waals surface area (Å²) in [6.07, 6.45) is 6.01. The number of ether oxygens (including phenoxy) is 1. The Labute approximate surface area is 158 Å². The number of carbonyl (C=O) groups is 1. The van der Waals surface area contributed by atoms with Crippen LogP contribution in [0.5, 0.6) is 5.75 Å². The van der Waals surface area contributed by atoms with E-state index >= 15 is 0 Å². The van der Waals surface area contributed by atoms with Crippen LogP contribution in [-0.4, -0.2) is 19.1 Å². The SMILES string of the molecule is Cl.O=C(Nc1ccc2c(c1)CNCCO2)c1cc2c(s1)CCCCC2. The first-order valence-electron chi connectivity index (χ1n) is 8.69. The second kappa shape index (κ2) is 8.21. The molecule has 0 radical (unpaired) electrons. The van der Waals surface area contributed by atoms with Crippen molar-refractivity contribution >= 4 is 35.3 Å². The second-order valence-electron chi connectivity index (χ2n) is 6.42. The number of thiophene rings is 1. The van der Waals surface area contributed by atoms with Crippen molar-refractivity contribution < 1.29 is 9.53 Å². The molecule has 0 saturated heterocycles. The molecule has 0 atom stereocenters. The highest BCUT2D eigenvalue weighted by Gasteiger charge is 2.17. The molecule has 1 aromatic heterocycles. The highest BCUT2D eigenvalue weighted by atomic mass is 35.5.